The Hall–Kier alpha value is -1.72. The maximum Gasteiger partial charge on any atom is 0.274 e. The first-order valence-electron chi connectivity index (χ1n) is 7.69. The van der Waals surface area contributed by atoms with Gasteiger partial charge in [0.2, 0.25) is 2.75 Å². The van der Waals surface area contributed by atoms with Gasteiger partial charge in [0.15, 0.2) is 9.84 Å². The molecule has 0 saturated carbocycles. The minimum atomic E-state index is -3.81. The van der Waals surface area contributed by atoms with Gasteiger partial charge in [-0.3, -0.25) is 14.8 Å². The van der Waals surface area contributed by atoms with Gasteiger partial charge in [-0.25, -0.2) is 13.9 Å². The fraction of sp³-hybridized carbons (Fsp3) is 0.294. The molecule has 1 amide bonds. The van der Waals surface area contributed by atoms with Crippen LogP contribution in [0.4, 0.5) is 0 Å². The van der Waals surface area contributed by atoms with E-state index >= 15 is 0 Å². The maximum absolute atomic E-state index is 12.3. The van der Waals surface area contributed by atoms with E-state index in [4.69, 9.17) is 5.21 Å². The normalized spacial score (nSPS) is 13.8. The first-order valence-corrected chi connectivity index (χ1v) is 10.7. The number of sulfone groups is 1. The lowest BCUT2D eigenvalue weighted by atomic mass is 10.1. The van der Waals surface area contributed by atoms with Crippen LogP contribution in [0, 0.1) is 6.92 Å². The molecule has 0 aliphatic carbocycles. The van der Waals surface area contributed by atoms with Gasteiger partial charge in [0.1, 0.15) is 0 Å². The molecule has 0 unspecified atom stereocenters. The zero-order chi connectivity index (χ0) is 19.5. The summed E-state index contributed by atoms with van der Waals surface area (Å²) < 4.78 is 23.4. The Morgan fingerprint density at radius 3 is 2.35 bits per heavy atom. The number of halogens is 1. The number of alkyl halides is 1. The summed E-state index contributed by atoms with van der Waals surface area (Å²) in [6, 6.07) is 11.0. The Kier molecular flexibility index (Phi) is 6.25. The number of hydrogen-bond donors (Lipinski definition) is 2. The highest BCUT2D eigenvalue weighted by Crippen LogP contribution is 2.30. The van der Waals surface area contributed by atoms with Crippen molar-refractivity contribution in [3.8, 4) is 11.1 Å². The number of nitrogens with one attached hydrogen (secondary N) is 1. The maximum atomic E-state index is 12.3. The van der Waals surface area contributed by atoms with Gasteiger partial charge < -0.3 is 4.57 Å². The highest BCUT2D eigenvalue weighted by molar-refractivity contribution is 14.1. The number of rotatable bonds is 6. The number of pyridine rings is 1. The molecular formula is C17H19IN2O5S. The van der Waals surface area contributed by atoms with Gasteiger partial charge >= 0.3 is 0 Å². The van der Waals surface area contributed by atoms with Crippen LogP contribution in [0.1, 0.15) is 12.0 Å². The van der Waals surface area contributed by atoms with Gasteiger partial charge in [0.05, 0.1) is 0 Å². The topological polar surface area (TPSA) is 105 Å². The van der Waals surface area contributed by atoms with E-state index in [-0.39, 0.29) is 18.5 Å². The second kappa shape index (κ2) is 7.89. The van der Waals surface area contributed by atoms with E-state index in [0.717, 1.165) is 22.9 Å². The molecule has 0 radical (unpaired) electrons. The predicted octanol–water partition coefficient (Wildman–Crippen LogP) is 1.90. The van der Waals surface area contributed by atoms with Gasteiger partial charge in [0.25, 0.3) is 11.5 Å². The molecular weight excluding hydrogens is 471 g/mol. The minimum absolute atomic E-state index is 0.0104. The van der Waals surface area contributed by atoms with E-state index in [1.807, 2.05) is 31.2 Å². The Labute approximate surface area is 165 Å². The van der Waals surface area contributed by atoms with Crippen LogP contribution in [0.25, 0.3) is 11.1 Å². The molecule has 0 aliphatic rings. The quantitative estimate of drug-likeness (QED) is 0.279. The van der Waals surface area contributed by atoms with Crippen molar-refractivity contribution in [2.24, 2.45) is 0 Å². The lowest BCUT2D eigenvalue weighted by Gasteiger charge is -2.23. The summed E-state index contributed by atoms with van der Waals surface area (Å²) in [6.45, 7) is 1.98. The highest BCUT2D eigenvalue weighted by atomic mass is 127. The average molecular weight is 490 g/mol. The molecule has 9 heteroatoms. The van der Waals surface area contributed by atoms with Crippen LogP contribution < -0.4 is 11.0 Å². The zero-order valence-electron chi connectivity index (χ0n) is 14.3. The Morgan fingerprint density at radius 2 is 1.85 bits per heavy atom. The van der Waals surface area contributed by atoms with Crippen molar-refractivity contribution in [3.63, 3.8) is 0 Å². The smallest absolute Gasteiger partial charge is 0.274 e. The molecule has 140 valence electrons. The molecule has 2 N–H and O–H groups in total. The second-order valence-corrected chi connectivity index (χ2v) is 10.8. The summed E-state index contributed by atoms with van der Waals surface area (Å²) in [5, 5.41) is 8.83. The van der Waals surface area contributed by atoms with Gasteiger partial charge in [-0.15, -0.1) is 0 Å². The molecule has 0 fully saturated rings. The Balaban J connectivity index is 2.26. The minimum Gasteiger partial charge on any atom is -0.315 e. The molecule has 2 rings (SSSR count). The van der Waals surface area contributed by atoms with Crippen LogP contribution in [0.5, 0.6) is 0 Å². The molecule has 2 aromatic rings. The summed E-state index contributed by atoms with van der Waals surface area (Å²) >= 11 is 1.49. The van der Waals surface area contributed by atoms with Crippen LogP contribution in [-0.2, 0) is 21.2 Å². The van der Waals surface area contributed by atoms with Crippen LogP contribution in [0.15, 0.2) is 47.4 Å². The number of hydrogen-bond acceptors (Lipinski definition) is 5. The molecule has 1 aromatic heterocycles. The Bertz CT molecular complexity index is 969. The second-order valence-electron chi connectivity index (χ2n) is 6.00. The first-order chi connectivity index (χ1) is 12.1. The lowest BCUT2D eigenvalue weighted by molar-refractivity contribution is -0.129. The number of aromatic nitrogens is 1. The largest absolute Gasteiger partial charge is 0.315 e. The summed E-state index contributed by atoms with van der Waals surface area (Å²) in [5.41, 5.74) is 3.85. The molecule has 1 atom stereocenters. The van der Waals surface area contributed by atoms with Crippen molar-refractivity contribution >= 4 is 38.3 Å². The van der Waals surface area contributed by atoms with E-state index in [1.54, 1.807) is 12.3 Å². The third-order valence-electron chi connectivity index (χ3n) is 4.08. The van der Waals surface area contributed by atoms with Crippen molar-refractivity contribution in [1.82, 2.24) is 10.0 Å². The molecule has 0 bridgehead atoms. The van der Waals surface area contributed by atoms with Gasteiger partial charge in [-0.1, -0.05) is 52.4 Å². The number of carbonyl (C=O) groups excluding carboxylic acids is 1. The van der Waals surface area contributed by atoms with E-state index in [0.29, 0.717) is 0 Å². The SMILES string of the molecule is Cc1ccc(-c2ccn(CC[C@](I)(C(=O)NO)S(C)(=O)=O)c(=O)c2)cc1. The third kappa shape index (κ3) is 4.33. The van der Waals surface area contributed by atoms with E-state index in [1.165, 1.54) is 38.7 Å². The molecule has 26 heavy (non-hydrogen) atoms. The van der Waals surface area contributed by atoms with E-state index in [2.05, 4.69) is 0 Å². The average Bonchev–Trinajstić information content (AvgIpc) is 2.59. The molecule has 7 nitrogen and oxygen atoms in total. The molecule has 0 saturated heterocycles. The lowest BCUT2D eigenvalue weighted by Crippen LogP contribution is -2.47. The van der Waals surface area contributed by atoms with Crippen LogP contribution >= 0.6 is 22.6 Å². The third-order valence-corrected chi connectivity index (χ3v) is 9.08. The highest BCUT2D eigenvalue weighted by Gasteiger charge is 2.45. The van der Waals surface area contributed by atoms with Gasteiger partial charge in [-0.05, 0) is 24.1 Å². The summed E-state index contributed by atoms with van der Waals surface area (Å²) in [6.07, 6.45) is 2.31. The fourth-order valence-electron chi connectivity index (χ4n) is 2.43. The predicted molar refractivity (Wildman–Crippen MR) is 107 cm³/mol. The number of benzene rings is 1. The molecule has 1 aromatic carbocycles. The molecule has 1 heterocycles. The molecule has 0 spiro atoms. The van der Waals surface area contributed by atoms with E-state index < -0.39 is 18.5 Å². The van der Waals surface area contributed by atoms with Crippen LogP contribution in [0.2, 0.25) is 0 Å². The van der Waals surface area contributed by atoms with Crippen molar-refractivity contribution in [2.75, 3.05) is 6.26 Å². The zero-order valence-corrected chi connectivity index (χ0v) is 17.2. The number of hydroxylamine groups is 1. The van der Waals surface area contributed by atoms with Crippen molar-refractivity contribution < 1.29 is 18.4 Å². The Morgan fingerprint density at radius 1 is 1.23 bits per heavy atom. The number of nitrogens with zero attached hydrogens (tertiary/aromatic N) is 1. The number of aryl methyl sites for hydroxylation is 2. The van der Waals surface area contributed by atoms with Gasteiger partial charge in [-0.2, -0.15) is 0 Å². The molecule has 0 aliphatic heterocycles. The standard InChI is InChI=1S/C17H19IN2O5S/c1-12-3-5-13(6-4-12)14-7-9-20(15(21)11-14)10-8-17(18,16(22)19-23)26(2,24)25/h3-7,9,11,23H,8,10H2,1-2H3,(H,19,22)/t17-/m1/s1. The van der Waals surface area contributed by atoms with E-state index in [9.17, 15) is 18.0 Å². The van der Waals surface area contributed by atoms with Crippen molar-refractivity contribution in [1.29, 1.82) is 0 Å². The van der Waals surface area contributed by atoms with Crippen LogP contribution in [-0.4, -0.2) is 33.1 Å². The van der Waals surface area contributed by atoms with Crippen molar-refractivity contribution in [2.45, 2.75) is 22.6 Å². The summed E-state index contributed by atoms with van der Waals surface area (Å²) in [7, 11) is -3.81. The van der Waals surface area contributed by atoms with Crippen LogP contribution in [0.3, 0.4) is 0 Å². The monoisotopic (exact) mass is 490 g/mol. The summed E-state index contributed by atoms with van der Waals surface area (Å²) in [4.78, 5) is 24.2. The summed E-state index contributed by atoms with van der Waals surface area (Å²) in [5.74, 6) is -1.04. The number of carbonyl (C=O) groups is 1. The van der Waals surface area contributed by atoms with Crippen molar-refractivity contribution in [3.05, 3.63) is 58.5 Å². The van der Waals surface area contributed by atoms with Gasteiger partial charge in [0, 0.05) is 31.5 Å². The fourth-order valence-corrected chi connectivity index (χ4v) is 3.64. The number of amides is 1. The first kappa shape index (κ1) is 20.6.